The molecule has 2 N–H and O–H groups in total. The second-order valence-electron chi connectivity index (χ2n) is 6.78. The van der Waals surface area contributed by atoms with Gasteiger partial charge in [0.15, 0.2) is 0 Å². The van der Waals surface area contributed by atoms with Crippen LogP contribution in [-0.4, -0.2) is 29.2 Å². The number of thiophene rings is 1. The van der Waals surface area contributed by atoms with E-state index >= 15 is 0 Å². The number of aliphatic hydroxyl groups is 1. The number of nitrogens with zero attached hydrogens (tertiary/aromatic N) is 2. The van der Waals surface area contributed by atoms with Gasteiger partial charge in [0.1, 0.15) is 12.4 Å². The van der Waals surface area contributed by atoms with Gasteiger partial charge in [0.2, 0.25) is 0 Å². The van der Waals surface area contributed by atoms with Gasteiger partial charge in [-0.2, -0.15) is 16.6 Å². The summed E-state index contributed by atoms with van der Waals surface area (Å²) in [7, 11) is 0. The zero-order chi connectivity index (χ0) is 21.3. The van der Waals surface area contributed by atoms with Gasteiger partial charge in [0.05, 0.1) is 18.2 Å². The van der Waals surface area contributed by atoms with Crippen molar-refractivity contribution in [1.82, 2.24) is 4.90 Å². The Hall–Kier alpha value is -3.34. The molecule has 0 aliphatic carbocycles. The van der Waals surface area contributed by atoms with Crippen LogP contribution in [0.2, 0.25) is 0 Å². The summed E-state index contributed by atoms with van der Waals surface area (Å²) < 4.78 is 5.82. The smallest absolute Gasteiger partial charge is 0.322 e. The van der Waals surface area contributed by atoms with Crippen molar-refractivity contribution in [3.05, 3.63) is 81.5 Å². The van der Waals surface area contributed by atoms with E-state index in [0.717, 1.165) is 16.7 Å². The Morgan fingerprint density at radius 3 is 2.80 bits per heavy atom. The fraction of sp³-hybridized carbons (Fsp3) is 0.217. The van der Waals surface area contributed by atoms with Crippen molar-refractivity contribution in [3.8, 4) is 11.8 Å². The lowest BCUT2D eigenvalue weighted by Crippen LogP contribution is -2.36. The Morgan fingerprint density at radius 2 is 2.10 bits per heavy atom. The van der Waals surface area contributed by atoms with Crippen LogP contribution in [0.1, 0.15) is 22.3 Å². The number of urea groups is 1. The van der Waals surface area contributed by atoms with E-state index in [-0.39, 0.29) is 19.2 Å². The minimum Gasteiger partial charge on any atom is -0.489 e. The highest BCUT2D eigenvalue weighted by molar-refractivity contribution is 7.07. The van der Waals surface area contributed by atoms with Crippen molar-refractivity contribution in [2.75, 3.05) is 18.5 Å². The lowest BCUT2D eigenvalue weighted by Gasteiger charge is -2.22. The number of rotatable bonds is 8. The Labute approximate surface area is 180 Å². The third kappa shape index (κ3) is 5.83. The Balaban J connectivity index is 1.62. The van der Waals surface area contributed by atoms with Crippen LogP contribution in [-0.2, 0) is 13.2 Å². The van der Waals surface area contributed by atoms with Crippen molar-refractivity contribution in [2.45, 2.75) is 20.1 Å². The molecule has 2 amide bonds. The molecule has 154 valence electrons. The van der Waals surface area contributed by atoms with Crippen LogP contribution in [0, 0.1) is 18.3 Å². The monoisotopic (exact) mass is 421 g/mol. The van der Waals surface area contributed by atoms with Gasteiger partial charge in [-0.25, -0.2) is 4.79 Å². The van der Waals surface area contributed by atoms with Gasteiger partial charge in [-0.1, -0.05) is 12.1 Å². The summed E-state index contributed by atoms with van der Waals surface area (Å²) in [4.78, 5) is 14.3. The SMILES string of the molecule is Cc1cc(OCc2cccc(C#N)c2)ccc1NC(=O)N(CCO)Cc1ccsc1. The lowest BCUT2D eigenvalue weighted by molar-refractivity contribution is 0.185. The molecule has 7 heteroatoms. The lowest BCUT2D eigenvalue weighted by atomic mass is 10.1. The van der Waals surface area contributed by atoms with Crippen molar-refractivity contribution in [2.24, 2.45) is 0 Å². The summed E-state index contributed by atoms with van der Waals surface area (Å²) in [5.74, 6) is 0.679. The number of amides is 2. The second-order valence-corrected chi connectivity index (χ2v) is 7.56. The normalized spacial score (nSPS) is 10.3. The second kappa shape index (κ2) is 10.4. The van der Waals surface area contributed by atoms with Crippen molar-refractivity contribution in [1.29, 1.82) is 5.26 Å². The van der Waals surface area contributed by atoms with Crippen molar-refractivity contribution < 1.29 is 14.6 Å². The summed E-state index contributed by atoms with van der Waals surface area (Å²) in [6.07, 6.45) is 0. The molecule has 0 fully saturated rings. The van der Waals surface area contributed by atoms with Gasteiger partial charge < -0.3 is 20.1 Å². The molecule has 0 spiro atoms. The number of nitrogens with one attached hydrogen (secondary N) is 1. The third-order valence-electron chi connectivity index (χ3n) is 4.51. The first-order chi connectivity index (χ1) is 14.6. The molecule has 2 aromatic carbocycles. The molecular weight excluding hydrogens is 398 g/mol. The zero-order valence-corrected chi connectivity index (χ0v) is 17.5. The number of benzene rings is 2. The van der Waals surface area contributed by atoms with E-state index in [4.69, 9.17) is 10.00 Å². The number of hydrogen-bond donors (Lipinski definition) is 2. The van der Waals surface area contributed by atoms with E-state index in [0.29, 0.717) is 30.2 Å². The predicted octanol–water partition coefficient (Wildman–Crippen LogP) is 4.53. The first kappa shape index (κ1) is 21.4. The summed E-state index contributed by atoms with van der Waals surface area (Å²) in [5, 5.41) is 25.2. The van der Waals surface area contributed by atoms with Crippen LogP contribution in [0.15, 0.2) is 59.3 Å². The fourth-order valence-electron chi connectivity index (χ4n) is 2.93. The molecule has 0 radical (unpaired) electrons. The largest absolute Gasteiger partial charge is 0.489 e. The highest BCUT2D eigenvalue weighted by Crippen LogP contribution is 2.23. The molecule has 3 aromatic rings. The number of ether oxygens (including phenoxy) is 1. The molecule has 30 heavy (non-hydrogen) atoms. The highest BCUT2D eigenvalue weighted by Gasteiger charge is 2.15. The first-order valence-corrected chi connectivity index (χ1v) is 10.4. The van der Waals surface area contributed by atoms with Crippen LogP contribution >= 0.6 is 11.3 Å². The fourth-order valence-corrected chi connectivity index (χ4v) is 3.59. The third-order valence-corrected chi connectivity index (χ3v) is 5.24. The average Bonchev–Trinajstić information content (AvgIpc) is 3.27. The summed E-state index contributed by atoms with van der Waals surface area (Å²) >= 11 is 1.57. The van der Waals surface area contributed by atoms with E-state index in [1.54, 1.807) is 40.5 Å². The Bertz CT molecular complexity index is 1030. The van der Waals surface area contributed by atoms with E-state index in [1.165, 1.54) is 0 Å². The molecule has 0 saturated carbocycles. The Morgan fingerprint density at radius 1 is 1.23 bits per heavy atom. The number of hydrogen-bond acceptors (Lipinski definition) is 5. The molecule has 0 bridgehead atoms. The molecule has 0 unspecified atom stereocenters. The topological polar surface area (TPSA) is 85.6 Å². The maximum absolute atomic E-state index is 12.7. The van der Waals surface area contributed by atoms with Crippen LogP contribution in [0.5, 0.6) is 5.75 Å². The van der Waals surface area contributed by atoms with Gasteiger partial charge >= 0.3 is 6.03 Å². The molecule has 1 heterocycles. The standard InChI is InChI=1S/C23H23N3O3S/c1-17-11-21(29-15-19-4-2-3-18(12-19)13-24)5-6-22(17)25-23(28)26(8-9-27)14-20-7-10-30-16-20/h2-7,10-12,16,27H,8-9,14-15H2,1H3,(H,25,28). The number of carbonyl (C=O) groups is 1. The highest BCUT2D eigenvalue weighted by atomic mass is 32.1. The number of aryl methyl sites for hydroxylation is 1. The van der Waals surface area contributed by atoms with Gasteiger partial charge in [-0.05, 0) is 70.8 Å². The number of nitriles is 1. The molecule has 1 aromatic heterocycles. The van der Waals surface area contributed by atoms with Gasteiger partial charge in [-0.3, -0.25) is 0 Å². The maximum atomic E-state index is 12.7. The number of carbonyl (C=O) groups excluding carboxylic acids is 1. The van der Waals surface area contributed by atoms with Crippen molar-refractivity contribution >= 4 is 23.1 Å². The maximum Gasteiger partial charge on any atom is 0.322 e. The van der Waals surface area contributed by atoms with Crippen LogP contribution < -0.4 is 10.1 Å². The quantitative estimate of drug-likeness (QED) is 0.559. The first-order valence-electron chi connectivity index (χ1n) is 9.49. The van der Waals surface area contributed by atoms with Crippen LogP contribution in [0.3, 0.4) is 0 Å². The van der Waals surface area contributed by atoms with E-state index in [1.807, 2.05) is 41.9 Å². The van der Waals surface area contributed by atoms with Crippen LogP contribution in [0.25, 0.3) is 0 Å². The minimum absolute atomic E-state index is 0.101. The zero-order valence-electron chi connectivity index (χ0n) is 16.7. The number of aliphatic hydroxyl groups excluding tert-OH is 1. The molecule has 0 aliphatic heterocycles. The molecule has 6 nitrogen and oxygen atoms in total. The molecule has 0 aliphatic rings. The summed E-state index contributed by atoms with van der Waals surface area (Å²) in [6.45, 7) is 2.84. The summed E-state index contributed by atoms with van der Waals surface area (Å²) in [5.41, 5.74) is 4.10. The molecular formula is C23H23N3O3S. The van der Waals surface area contributed by atoms with E-state index in [2.05, 4.69) is 11.4 Å². The molecule has 3 rings (SSSR count). The van der Waals surface area contributed by atoms with Crippen molar-refractivity contribution in [3.63, 3.8) is 0 Å². The van der Waals surface area contributed by atoms with Crippen LogP contribution in [0.4, 0.5) is 10.5 Å². The molecule has 0 saturated heterocycles. The van der Waals surface area contributed by atoms with Gasteiger partial charge in [0.25, 0.3) is 0 Å². The minimum atomic E-state index is -0.264. The van der Waals surface area contributed by atoms with Gasteiger partial charge in [-0.15, -0.1) is 0 Å². The predicted molar refractivity (Wildman–Crippen MR) is 118 cm³/mol. The summed E-state index contributed by atoms with van der Waals surface area (Å²) in [6, 6.07) is 16.6. The van der Waals surface area contributed by atoms with Gasteiger partial charge in [0, 0.05) is 18.8 Å². The Kier molecular flexibility index (Phi) is 7.44. The average molecular weight is 422 g/mol. The van der Waals surface area contributed by atoms with E-state index < -0.39 is 0 Å². The van der Waals surface area contributed by atoms with E-state index in [9.17, 15) is 9.90 Å². The number of anilines is 1. The molecule has 0 atom stereocenters.